The molecule has 1 aromatic heterocycles. The van der Waals surface area contributed by atoms with Gasteiger partial charge in [-0.1, -0.05) is 34.7 Å². The Labute approximate surface area is 144 Å². The van der Waals surface area contributed by atoms with Gasteiger partial charge in [-0.25, -0.2) is 4.98 Å². The fourth-order valence-electron chi connectivity index (χ4n) is 1.57. The Hall–Kier alpha value is -1.24. The summed E-state index contributed by atoms with van der Waals surface area (Å²) >= 11 is 11.5. The van der Waals surface area contributed by atoms with E-state index < -0.39 is 12.0 Å². The van der Waals surface area contributed by atoms with E-state index in [9.17, 15) is 4.79 Å². The van der Waals surface area contributed by atoms with Crippen molar-refractivity contribution < 1.29 is 9.53 Å². The number of rotatable bonds is 8. The third-order valence-corrected chi connectivity index (χ3v) is 2.98. The Morgan fingerprint density at radius 2 is 2.05 bits per heavy atom. The molecule has 1 aromatic rings. The van der Waals surface area contributed by atoms with Gasteiger partial charge in [-0.3, -0.25) is 4.79 Å². The van der Waals surface area contributed by atoms with Crippen LogP contribution in [0.1, 0.15) is 24.8 Å². The van der Waals surface area contributed by atoms with Gasteiger partial charge in [0, 0.05) is 11.5 Å². The number of hydrogen-bond donors (Lipinski definition) is 1. The van der Waals surface area contributed by atoms with Crippen LogP contribution < -0.4 is 5.73 Å². The number of halogens is 3. The first-order valence-electron chi connectivity index (χ1n) is 6.28. The van der Waals surface area contributed by atoms with Crippen molar-refractivity contribution in [2.75, 3.05) is 6.54 Å². The Bertz CT molecular complexity index is 517. The molecule has 1 rings (SSSR count). The van der Waals surface area contributed by atoms with Crippen molar-refractivity contribution in [1.82, 2.24) is 4.98 Å². The number of esters is 1. The monoisotopic (exact) mass is 367 g/mol. The van der Waals surface area contributed by atoms with Crippen LogP contribution in [0, 0.1) is 0 Å². The molecule has 1 atom stereocenters. The van der Waals surface area contributed by atoms with E-state index in [-0.39, 0.29) is 29.3 Å². The van der Waals surface area contributed by atoms with Crippen LogP contribution in [-0.4, -0.2) is 23.5 Å². The molecule has 2 N–H and O–H groups in total. The van der Waals surface area contributed by atoms with E-state index in [1.54, 1.807) is 12.1 Å². The maximum absolute atomic E-state index is 11.7. The molecule has 10 heteroatoms. The van der Waals surface area contributed by atoms with Crippen LogP contribution in [0.3, 0.4) is 0 Å². The highest BCUT2D eigenvalue weighted by Gasteiger charge is 2.14. The number of ether oxygens (including phenoxy) is 1. The molecule has 0 bridgehead atoms. The topological polar surface area (TPSA) is 114 Å². The molecule has 1 heterocycles. The van der Waals surface area contributed by atoms with Crippen LogP contribution >= 0.6 is 35.6 Å². The van der Waals surface area contributed by atoms with Gasteiger partial charge in [0.2, 0.25) is 0 Å². The molecule has 0 aliphatic rings. The van der Waals surface area contributed by atoms with E-state index in [2.05, 4.69) is 15.0 Å². The Morgan fingerprint density at radius 1 is 1.41 bits per heavy atom. The second-order valence-corrected chi connectivity index (χ2v) is 5.06. The molecule has 0 fully saturated rings. The summed E-state index contributed by atoms with van der Waals surface area (Å²) in [6, 6.07) is 2.42. The number of aromatic nitrogens is 1. The first kappa shape index (κ1) is 20.8. The van der Waals surface area contributed by atoms with E-state index in [0.717, 1.165) is 0 Å². The molecule has 122 valence electrons. The van der Waals surface area contributed by atoms with Crippen LogP contribution in [0.5, 0.6) is 0 Å². The van der Waals surface area contributed by atoms with Crippen molar-refractivity contribution in [3.05, 3.63) is 38.4 Å². The van der Waals surface area contributed by atoms with Gasteiger partial charge in [0.15, 0.2) is 0 Å². The van der Waals surface area contributed by atoms with Gasteiger partial charge < -0.3 is 10.5 Å². The molecule has 0 aliphatic heterocycles. The lowest BCUT2D eigenvalue weighted by Gasteiger charge is -2.11. The van der Waals surface area contributed by atoms with Crippen molar-refractivity contribution in [2.24, 2.45) is 10.8 Å². The van der Waals surface area contributed by atoms with Crippen molar-refractivity contribution in [2.45, 2.75) is 31.9 Å². The molecule has 0 unspecified atom stereocenters. The van der Waals surface area contributed by atoms with Crippen LogP contribution in [0.15, 0.2) is 17.2 Å². The SMILES string of the molecule is Cl.[N-]=[N+]=NCCCC[C@H](N)C(=O)OCc1cc(Cl)nc(Cl)c1. The molecule has 7 nitrogen and oxygen atoms in total. The zero-order chi connectivity index (χ0) is 15.7. The average Bonchev–Trinajstić information content (AvgIpc) is 2.43. The minimum Gasteiger partial charge on any atom is -0.460 e. The van der Waals surface area contributed by atoms with Crippen LogP contribution in [-0.2, 0) is 16.1 Å². The standard InChI is InChI=1S/C12H15Cl2N5O2.ClH/c13-10-5-8(6-11(14)18-10)7-21-12(20)9(15)3-1-2-4-17-19-16;/h5-6,9H,1-4,7,15H2;1H/t9-;/m0./s1. The molecule has 0 radical (unpaired) electrons. The van der Waals surface area contributed by atoms with Crippen molar-refractivity contribution >= 4 is 41.6 Å². The van der Waals surface area contributed by atoms with Gasteiger partial charge in [-0.05, 0) is 36.1 Å². The summed E-state index contributed by atoms with van der Waals surface area (Å²) in [4.78, 5) is 18.1. The molecule has 0 spiro atoms. The number of nitrogens with two attached hydrogens (primary N) is 1. The summed E-state index contributed by atoms with van der Waals surface area (Å²) in [5, 5.41) is 3.86. The summed E-state index contributed by atoms with van der Waals surface area (Å²) in [6.07, 6.45) is 1.83. The molecule has 0 saturated heterocycles. The number of carbonyl (C=O) groups excluding carboxylic acids is 1. The lowest BCUT2D eigenvalue weighted by molar-refractivity contribution is -0.146. The molecule has 0 aliphatic carbocycles. The Kier molecular flexibility index (Phi) is 10.7. The van der Waals surface area contributed by atoms with E-state index in [4.69, 9.17) is 39.2 Å². The first-order chi connectivity index (χ1) is 10.0. The van der Waals surface area contributed by atoms with Crippen molar-refractivity contribution in [3.63, 3.8) is 0 Å². The first-order valence-corrected chi connectivity index (χ1v) is 7.03. The highest BCUT2D eigenvalue weighted by molar-refractivity contribution is 6.32. The van der Waals surface area contributed by atoms with Crippen molar-refractivity contribution in [3.8, 4) is 0 Å². The maximum Gasteiger partial charge on any atom is 0.323 e. The fraction of sp³-hybridized carbons (Fsp3) is 0.500. The summed E-state index contributed by atoms with van der Waals surface area (Å²) in [5.41, 5.74) is 14.5. The number of azide groups is 1. The zero-order valence-corrected chi connectivity index (χ0v) is 13.9. The zero-order valence-electron chi connectivity index (χ0n) is 11.6. The van der Waals surface area contributed by atoms with Gasteiger partial charge >= 0.3 is 5.97 Å². The van der Waals surface area contributed by atoms with Gasteiger partial charge in [-0.2, -0.15) is 0 Å². The minimum absolute atomic E-state index is 0. The normalized spacial score (nSPS) is 11.0. The molecule has 0 amide bonds. The lowest BCUT2D eigenvalue weighted by atomic mass is 10.1. The van der Waals surface area contributed by atoms with Gasteiger partial charge in [0.1, 0.15) is 23.0 Å². The maximum atomic E-state index is 11.7. The van der Waals surface area contributed by atoms with Crippen LogP contribution in [0.4, 0.5) is 0 Å². The summed E-state index contributed by atoms with van der Waals surface area (Å²) in [5.74, 6) is -0.497. The number of pyridine rings is 1. The smallest absolute Gasteiger partial charge is 0.323 e. The van der Waals surface area contributed by atoms with E-state index >= 15 is 0 Å². The van der Waals surface area contributed by atoms with Crippen LogP contribution in [0.2, 0.25) is 10.3 Å². The summed E-state index contributed by atoms with van der Waals surface area (Å²) < 4.78 is 5.09. The van der Waals surface area contributed by atoms with Gasteiger partial charge in [-0.15, -0.1) is 12.4 Å². The summed E-state index contributed by atoms with van der Waals surface area (Å²) in [7, 11) is 0. The largest absolute Gasteiger partial charge is 0.460 e. The second kappa shape index (κ2) is 11.3. The highest BCUT2D eigenvalue weighted by atomic mass is 35.5. The van der Waals surface area contributed by atoms with Crippen molar-refractivity contribution in [1.29, 1.82) is 0 Å². The molecule has 0 aromatic carbocycles. The molecular weight excluding hydrogens is 353 g/mol. The third kappa shape index (κ3) is 8.26. The van der Waals surface area contributed by atoms with Gasteiger partial charge in [0.25, 0.3) is 0 Å². The average molecular weight is 369 g/mol. The minimum atomic E-state index is -0.705. The van der Waals surface area contributed by atoms with E-state index in [0.29, 0.717) is 31.4 Å². The lowest BCUT2D eigenvalue weighted by Crippen LogP contribution is -2.32. The number of unbranched alkanes of at least 4 members (excludes halogenated alkanes) is 1. The number of nitrogens with zero attached hydrogens (tertiary/aromatic N) is 4. The van der Waals surface area contributed by atoms with E-state index in [1.165, 1.54) is 0 Å². The quantitative estimate of drug-likeness (QED) is 0.188. The number of hydrogen-bond acceptors (Lipinski definition) is 5. The molecule has 22 heavy (non-hydrogen) atoms. The Balaban J connectivity index is 0.00000441. The molecule has 0 saturated carbocycles. The second-order valence-electron chi connectivity index (χ2n) is 4.29. The number of carbonyl (C=O) groups is 1. The fourth-order valence-corrected chi connectivity index (χ4v) is 2.07. The van der Waals surface area contributed by atoms with E-state index in [1.807, 2.05) is 0 Å². The molecular formula is C12H16Cl3N5O2. The van der Waals surface area contributed by atoms with Gasteiger partial charge in [0.05, 0.1) is 0 Å². The summed E-state index contributed by atoms with van der Waals surface area (Å²) in [6.45, 7) is 0.430. The highest BCUT2D eigenvalue weighted by Crippen LogP contribution is 2.15. The predicted molar refractivity (Wildman–Crippen MR) is 87.1 cm³/mol. The third-order valence-electron chi connectivity index (χ3n) is 2.59. The Morgan fingerprint density at radius 3 is 2.64 bits per heavy atom. The predicted octanol–water partition coefficient (Wildman–Crippen LogP) is 3.66. The van der Waals surface area contributed by atoms with Crippen LogP contribution in [0.25, 0.3) is 10.4 Å².